The van der Waals surface area contributed by atoms with Gasteiger partial charge in [0.25, 0.3) is 0 Å². The lowest BCUT2D eigenvalue weighted by atomic mass is 10.0. The highest BCUT2D eigenvalue weighted by atomic mass is 19.1. The Morgan fingerprint density at radius 2 is 1.94 bits per heavy atom. The van der Waals surface area contributed by atoms with Crippen molar-refractivity contribution in [3.8, 4) is 0 Å². The van der Waals surface area contributed by atoms with Gasteiger partial charge in [0.2, 0.25) is 0 Å². The van der Waals surface area contributed by atoms with E-state index >= 15 is 0 Å². The number of rotatable bonds is 6. The summed E-state index contributed by atoms with van der Waals surface area (Å²) in [6.45, 7) is 4.34. The quantitative estimate of drug-likeness (QED) is 0.842. The first kappa shape index (κ1) is 13.5. The molecule has 0 saturated carbocycles. The van der Waals surface area contributed by atoms with Crippen LogP contribution in [0.15, 0.2) is 24.3 Å². The fraction of sp³-hybridized carbons (Fsp3) is 0.571. The Morgan fingerprint density at radius 1 is 1.28 bits per heavy atom. The van der Waals surface area contributed by atoms with Crippen LogP contribution in [0.1, 0.15) is 18.9 Å². The number of likely N-dealkylation sites (N-methyl/N-ethyl adjacent to an activating group) is 1. The standard InChI is InChI=1S/C14H20FNO2/c1-2-16-13(10-14-17-7-8-18-14)9-11-3-5-12(15)6-4-11/h3-6,13-14,16H,2,7-10H2,1H3. The Bertz CT molecular complexity index is 349. The van der Waals surface area contributed by atoms with Crippen molar-refractivity contribution in [2.75, 3.05) is 19.8 Å². The molecule has 0 aliphatic carbocycles. The number of hydrogen-bond donors (Lipinski definition) is 1. The van der Waals surface area contributed by atoms with Gasteiger partial charge in [-0.3, -0.25) is 0 Å². The van der Waals surface area contributed by atoms with Crippen molar-refractivity contribution in [2.24, 2.45) is 0 Å². The minimum absolute atomic E-state index is 0.102. The van der Waals surface area contributed by atoms with Crippen LogP contribution in [0.25, 0.3) is 0 Å². The van der Waals surface area contributed by atoms with Crippen LogP contribution in [0.5, 0.6) is 0 Å². The first-order valence-corrected chi connectivity index (χ1v) is 6.49. The zero-order valence-electron chi connectivity index (χ0n) is 10.7. The van der Waals surface area contributed by atoms with E-state index in [1.54, 1.807) is 0 Å². The summed E-state index contributed by atoms with van der Waals surface area (Å²) < 4.78 is 23.8. The first-order valence-electron chi connectivity index (χ1n) is 6.49. The summed E-state index contributed by atoms with van der Waals surface area (Å²) in [5, 5.41) is 3.42. The van der Waals surface area contributed by atoms with Crippen molar-refractivity contribution in [3.05, 3.63) is 35.6 Å². The second-order valence-corrected chi connectivity index (χ2v) is 4.49. The molecule has 2 rings (SSSR count). The Hall–Kier alpha value is -0.970. The molecule has 1 aromatic carbocycles. The maximum atomic E-state index is 12.8. The normalized spacial score (nSPS) is 18.1. The van der Waals surface area contributed by atoms with Crippen molar-refractivity contribution in [3.63, 3.8) is 0 Å². The zero-order chi connectivity index (χ0) is 12.8. The monoisotopic (exact) mass is 253 g/mol. The summed E-state index contributed by atoms with van der Waals surface area (Å²) in [6.07, 6.45) is 1.58. The Labute approximate surface area is 107 Å². The molecule has 18 heavy (non-hydrogen) atoms. The predicted molar refractivity (Wildman–Crippen MR) is 67.9 cm³/mol. The van der Waals surface area contributed by atoms with Gasteiger partial charge in [-0.25, -0.2) is 4.39 Å². The molecule has 0 bridgehead atoms. The van der Waals surface area contributed by atoms with Crippen molar-refractivity contribution < 1.29 is 13.9 Å². The van der Waals surface area contributed by atoms with E-state index in [-0.39, 0.29) is 12.1 Å². The van der Waals surface area contributed by atoms with Gasteiger partial charge in [0, 0.05) is 12.5 Å². The van der Waals surface area contributed by atoms with Crippen molar-refractivity contribution in [2.45, 2.75) is 32.1 Å². The average Bonchev–Trinajstić information content (AvgIpc) is 2.85. The largest absolute Gasteiger partial charge is 0.350 e. The molecule has 1 aromatic rings. The number of halogens is 1. The molecule has 1 aliphatic heterocycles. The van der Waals surface area contributed by atoms with Gasteiger partial charge in [0.05, 0.1) is 13.2 Å². The van der Waals surface area contributed by atoms with E-state index in [0.717, 1.165) is 24.9 Å². The predicted octanol–water partition coefficient (Wildman–Crippen LogP) is 2.11. The van der Waals surface area contributed by atoms with Crippen LogP contribution in [0.3, 0.4) is 0 Å². The molecular formula is C14H20FNO2. The molecule has 0 aromatic heterocycles. The third kappa shape index (κ3) is 4.05. The molecule has 1 saturated heterocycles. The molecule has 4 heteroatoms. The van der Waals surface area contributed by atoms with Crippen LogP contribution in [0.4, 0.5) is 4.39 Å². The van der Waals surface area contributed by atoms with Crippen LogP contribution in [0, 0.1) is 5.82 Å². The van der Waals surface area contributed by atoms with Crippen molar-refractivity contribution in [1.29, 1.82) is 0 Å². The maximum absolute atomic E-state index is 12.8. The van der Waals surface area contributed by atoms with Gasteiger partial charge in [0.15, 0.2) is 6.29 Å². The highest BCUT2D eigenvalue weighted by molar-refractivity contribution is 5.17. The molecule has 1 N–H and O–H groups in total. The molecule has 0 radical (unpaired) electrons. The van der Waals surface area contributed by atoms with Gasteiger partial charge < -0.3 is 14.8 Å². The van der Waals surface area contributed by atoms with Crippen LogP contribution in [0.2, 0.25) is 0 Å². The molecule has 1 aliphatic rings. The van der Waals surface area contributed by atoms with Gasteiger partial charge in [-0.1, -0.05) is 19.1 Å². The molecule has 1 fully saturated rings. The fourth-order valence-corrected chi connectivity index (χ4v) is 2.21. The summed E-state index contributed by atoms with van der Waals surface area (Å²) in [7, 11) is 0. The molecule has 3 nitrogen and oxygen atoms in total. The summed E-state index contributed by atoms with van der Waals surface area (Å²) in [5.41, 5.74) is 1.13. The minimum Gasteiger partial charge on any atom is -0.350 e. The Morgan fingerprint density at radius 3 is 2.56 bits per heavy atom. The first-order chi connectivity index (χ1) is 8.78. The maximum Gasteiger partial charge on any atom is 0.159 e. The molecule has 100 valence electrons. The second kappa shape index (κ2) is 6.83. The average molecular weight is 253 g/mol. The lowest BCUT2D eigenvalue weighted by Crippen LogP contribution is -2.34. The van der Waals surface area contributed by atoms with Crippen LogP contribution in [-0.2, 0) is 15.9 Å². The van der Waals surface area contributed by atoms with Crippen molar-refractivity contribution >= 4 is 0 Å². The van der Waals surface area contributed by atoms with E-state index in [1.807, 2.05) is 12.1 Å². The molecular weight excluding hydrogens is 233 g/mol. The van der Waals surface area contributed by atoms with Crippen LogP contribution < -0.4 is 5.32 Å². The number of hydrogen-bond acceptors (Lipinski definition) is 3. The SMILES string of the molecule is CCNC(Cc1ccc(F)cc1)CC1OCCO1. The fourth-order valence-electron chi connectivity index (χ4n) is 2.21. The number of benzene rings is 1. The summed E-state index contributed by atoms with van der Waals surface area (Å²) >= 11 is 0. The molecule has 0 amide bonds. The summed E-state index contributed by atoms with van der Waals surface area (Å²) in [4.78, 5) is 0. The summed E-state index contributed by atoms with van der Waals surface area (Å²) in [5.74, 6) is -0.193. The molecule has 1 atom stereocenters. The highest BCUT2D eigenvalue weighted by Crippen LogP contribution is 2.14. The van der Waals surface area contributed by atoms with E-state index in [4.69, 9.17) is 9.47 Å². The van der Waals surface area contributed by atoms with E-state index in [2.05, 4.69) is 12.2 Å². The van der Waals surface area contributed by atoms with Gasteiger partial charge in [0.1, 0.15) is 5.82 Å². The Kier molecular flexibility index (Phi) is 5.11. The highest BCUT2D eigenvalue weighted by Gasteiger charge is 2.21. The lowest BCUT2D eigenvalue weighted by Gasteiger charge is -2.20. The topological polar surface area (TPSA) is 30.5 Å². The van der Waals surface area contributed by atoms with Gasteiger partial charge in [-0.2, -0.15) is 0 Å². The number of nitrogens with one attached hydrogen (secondary N) is 1. The van der Waals surface area contributed by atoms with Crippen molar-refractivity contribution in [1.82, 2.24) is 5.32 Å². The third-order valence-corrected chi connectivity index (χ3v) is 3.06. The van der Waals surface area contributed by atoms with E-state index < -0.39 is 0 Å². The second-order valence-electron chi connectivity index (χ2n) is 4.49. The van der Waals surface area contributed by atoms with Gasteiger partial charge >= 0.3 is 0 Å². The van der Waals surface area contributed by atoms with E-state index in [1.165, 1.54) is 12.1 Å². The van der Waals surface area contributed by atoms with Crippen LogP contribution in [-0.4, -0.2) is 32.1 Å². The minimum atomic E-state index is -0.193. The number of ether oxygens (including phenoxy) is 2. The molecule has 1 unspecified atom stereocenters. The third-order valence-electron chi connectivity index (χ3n) is 3.06. The smallest absolute Gasteiger partial charge is 0.159 e. The molecule has 0 spiro atoms. The van der Waals surface area contributed by atoms with Crippen LogP contribution >= 0.6 is 0 Å². The van der Waals surface area contributed by atoms with Gasteiger partial charge in [-0.05, 0) is 30.7 Å². The van der Waals surface area contributed by atoms with E-state index in [9.17, 15) is 4.39 Å². The Balaban J connectivity index is 1.90. The van der Waals surface area contributed by atoms with Gasteiger partial charge in [-0.15, -0.1) is 0 Å². The lowest BCUT2D eigenvalue weighted by molar-refractivity contribution is -0.0525. The summed E-state index contributed by atoms with van der Waals surface area (Å²) in [6, 6.07) is 6.96. The van der Waals surface area contributed by atoms with E-state index in [0.29, 0.717) is 19.3 Å². The zero-order valence-corrected chi connectivity index (χ0v) is 10.7. The molecule has 1 heterocycles.